The van der Waals surface area contributed by atoms with E-state index in [0.717, 1.165) is 6.42 Å². The molecule has 2 aromatic rings. The number of benzene rings is 2. The quantitative estimate of drug-likeness (QED) is 0.536. The Morgan fingerprint density at radius 3 is 2.08 bits per heavy atom. The van der Waals surface area contributed by atoms with Crippen molar-refractivity contribution in [1.29, 1.82) is 0 Å². The second kappa shape index (κ2) is 5.62. The molecular formula is C24H30. The molecule has 0 amide bonds. The standard InChI is InChI=1S/C24H30/c1-16-12-17-14-18(23(2,3)4)15-21(20(17)13-16)19-10-8-9-11-22(19)24(5,6)7/h8-12,14-15H,13H2,1-7H3. The smallest absolute Gasteiger partial charge is 0.00544 e. The molecule has 0 radical (unpaired) electrons. The SMILES string of the molecule is CC1=Cc2cc(C(C)(C)C)cc(-c3ccccc3C(C)(C)C)c2C1. The molecule has 0 bridgehead atoms. The van der Waals surface area contributed by atoms with Gasteiger partial charge in [-0.05, 0) is 57.6 Å². The number of hydrogen-bond donors (Lipinski definition) is 0. The van der Waals surface area contributed by atoms with Crippen molar-refractivity contribution >= 4 is 6.08 Å². The Kier molecular flexibility index (Phi) is 3.98. The number of allylic oxidation sites excluding steroid dienone is 1. The van der Waals surface area contributed by atoms with Gasteiger partial charge in [0.1, 0.15) is 0 Å². The van der Waals surface area contributed by atoms with Gasteiger partial charge >= 0.3 is 0 Å². The molecule has 1 aliphatic carbocycles. The minimum absolute atomic E-state index is 0.141. The predicted octanol–water partition coefficient (Wildman–Crippen LogP) is 6.91. The molecule has 0 aliphatic heterocycles. The molecule has 0 saturated heterocycles. The molecule has 2 aromatic carbocycles. The highest BCUT2D eigenvalue weighted by Crippen LogP contribution is 2.41. The fraction of sp³-hybridized carbons (Fsp3) is 0.417. The van der Waals surface area contributed by atoms with Crippen molar-refractivity contribution in [1.82, 2.24) is 0 Å². The molecule has 0 heterocycles. The van der Waals surface area contributed by atoms with Crippen LogP contribution in [0.4, 0.5) is 0 Å². The second-order valence-corrected chi connectivity index (χ2v) is 9.30. The summed E-state index contributed by atoms with van der Waals surface area (Å²) in [5.41, 5.74) is 10.4. The molecule has 0 spiro atoms. The van der Waals surface area contributed by atoms with E-state index in [1.165, 1.54) is 39.0 Å². The van der Waals surface area contributed by atoms with Crippen LogP contribution >= 0.6 is 0 Å². The summed E-state index contributed by atoms with van der Waals surface area (Å²) in [6.45, 7) is 16.1. The van der Waals surface area contributed by atoms with E-state index in [0.29, 0.717) is 0 Å². The summed E-state index contributed by atoms with van der Waals surface area (Å²) < 4.78 is 0. The molecule has 0 heteroatoms. The molecule has 0 unspecified atom stereocenters. The highest BCUT2D eigenvalue weighted by molar-refractivity contribution is 5.80. The van der Waals surface area contributed by atoms with Gasteiger partial charge in [-0.25, -0.2) is 0 Å². The van der Waals surface area contributed by atoms with Crippen molar-refractivity contribution < 1.29 is 0 Å². The molecule has 0 saturated carbocycles. The van der Waals surface area contributed by atoms with E-state index in [-0.39, 0.29) is 10.8 Å². The van der Waals surface area contributed by atoms with Crippen molar-refractivity contribution in [3.8, 4) is 11.1 Å². The lowest BCUT2D eigenvalue weighted by atomic mass is 9.78. The zero-order valence-electron chi connectivity index (χ0n) is 16.2. The van der Waals surface area contributed by atoms with Crippen molar-refractivity contribution in [2.75, 3.05) is 0 Å². The third-order valence-corrected chi connectivity index (χ3v) is 5.03. The average molecular weight is 319 g/mol. The Hall–Kier alpha value is -1.82. The highest BCUT2D eigenvalue weighted by atomic mass is 14.3. The molecule has 0 fully saturated rings. The van der Waals surface area contributed by atoms with Gasteiger partial charge in [-0.2, -0.15) is 0 Å². The average Bonchev–Trinajstić information content (AvgIpc) is 2.84. The lowest BCUT2D eigenvalue weighted by molar-refractivity contribution is 0.588. The first-order valence-electron chi connectivity index (χ1n) is 9.02. The number of rotatable bonds is 1. The first kappa shape index (κ1) is 17.0. The van der Waals surface area contributed by atoms with Gasteiger partial charge in [0.2, 0.25) is 0 Å². The number of hydrogen-bond acceptors (Lipinski definition) is 0. The van der Waals surface area contributed by atoms with Crippen molar-refractivity contribution in [3.63, 3.8) is 0 Å². The normalized spacial score (nSPS) is 14.5. The zero-order valence-corrected chi connectivity index (χ0v) is 16.2. The third-order valence-electron chi connectivity index (χ3n) is 5.03. The maximum Gasteiger partial charge on any atom is -0.00544 e. The van der Waals surface area contributed by atoms with E-state index in [9.17, 15) is 0 Å². The van der Waals surface area contributed by atoms with E-state index in [4.69, 9.17) is 0 Å². The molecule has 3 rings (SSSR count). The van der Waals surface area contributed by atoms with Gasteiger partial charge < -0.3 is 0 Å². The first-order valence-corrected chi connectivity index (χ1v) is 9.02. The van der Waals surface area contributed by atoms with Gasteiger partial charge in [-0.3, -0.25) is 0 Å². The summed E-state index contributed by atoms with van der Waals surface area (Å²) in [5, 5.41) is 0. The summed E-state index contributed by atoms with van der Waals surface area (Å²) in [6.07, 6.45) is 3.45. The first-order chi connectivity index (χ1) is 11.1. The van der Waals surface area contributed by atoms with Gasteiger partial charge in [-0.1, -0.05) is 89.6 Å². The Balaban J connectivity index is 2.30. The van der Waals surface area contributed by atoms with Crippen LogP contribution in [0.3, 0.4) is 0 Å². The lowest BCUT2D eigenvalue weighted by Crippen LogP contribution is -2.14. The van der Waals surface area contributed by atoms with Gasteiger partial charge in [0, 0.05) is 0 Å². The van der Waals surface area contributed by atoms with Crippen LogP contribution in [0, 0.1) is 0 Å². The van der Waals surface area contributed by atoms with Crippen LogP contribution in [0.25, 0.3) is 17.2 Å². The maximum atomic E-state index is 2.44. The second-order valence-electron chi connectivity index (χ2n) is 9.30. The molecule has 126 valence electrons. The number of fused-ring (bicyclic) bond motifs is 1. The fourth-order valence-corrected chi connectivity index (χ4v) is 3.66. The largest absolute Gasteiger partial charge is 0.0683 e. The van der Waals surface area contributed by atoms with Gasteiger partial charge in [0.05, 0.1) is 0 Å². The van der Waals surface area contributed by atoms with E-state index in [1.54, 1.807) is 0 Å². The summed E-state index contributed by atoms with van der Waals surface area (Å²) in [4.78, 5) is 0. The summed E-state index contributed by atoms with van der Waals surface area (Å²) in [5.74, 6) is 0. The van der Waals surface area contributed by atoms with Gasteiger partial charge in [0.25, 0.3) is 0 Å². The van der Waals surface area contributed by atoms with E-state index in [1.807, 2.05) is 0 Å². The van der Waals surface area contributed by atoms with Crippen LogP contribution in [-0.4, -0.2) is 0 Å². The van der Waals surface area contributed by atoms with Crippen LogP contribution < -0.4 is 0 Å². The molecule has 0 aromatic heterocycles. The van der Waals surface area contributed by atoms with Crippen LogP contribution in [0.15, 0.2) is 42.0 Å². The highest BCUT2D eigenvalue weighted by Gasteiger charge is 2.25. The Bertz CT molecular complexity index is 805. The third kappa shape index (κ3) is 3.07. The van der Waals surface area contributed by atoms with Crippen LogP contribution in [0.1, 0.15) is 70.7 Å². The van der Waals surface area contributed by atoms with E-state index < -0.39 is 0 Å². The zero-order chi connectivity index (χ0) is 17.7. The Labute approximate surface area is 147 Å². The lowest BCUT2D eigenvalue weighted by Gasteiger charge is -2.26. The van der Waals surface area contributed by atoms with Crippen molar-refractivity contribution in [2.45, 2.75) is 65.7 Å². The maximum absolute atomic E-state index is 2.44. The molecular weight excluding hydrogens is 288 g/mol. The van der Waals surface area contributed by atoms with Crippen LogP contribution in [0.2, 0.25) is 0 Å². The molecule has 24 heavy (non-hydrogen) atoms. The Morgan fingerprint density at radius 1 is 0.792 bits per heavy atom. The Morgan fingerprint density at radius 2 is 1.46 bits per heavy atom. The van der Waals surface area contributed by atoms with Crippen LogP contribution in [-0.2, 0) is 17.3 Å². The van der Waals surface area contributed by atoms with E-state index in [2.05, 4.69) is 90.9 Å². The molecule has 0 nitrogen and oxygen atoms in total. The van der Waals surface area contributed by atoms with Gasteiger partial charge in [0.15, 0.2) is 0 Å². The summed E-state index contributed by atoms with van der Waals surface area (Å²) in [6, 6.07) is 13.8. The minimum atomic E-state index is 0.141. The van der Waals surface area contributed by atoms with Crippen molar-refractivity contribution in [3.05, 3.63) is 64.2 Å². The summed E-state index contributed by atoms with van der Waals surface area (Å²) >= 11 is 0. The predicted molar refractivity (Wildman–Crippen MR) is 107 cm³/mol. The van der Waals surface area contributed by atoms with Crippen LogP contribution in [0.5, 0.6) is 0 Å². The minimum Gasteiger partial charge on any atom is -0.0683 e. The topological polar surface area (TPSA) is 0 Å². The molecule has 0 N–H and O–H groups in total. The fourth-order valence-electron chi connectivity index (χ4n) is 3.66. The molecule has 0 atom stereocenters. The summed E-state index contributed by atoms with van der Waals surface area (Å²) in [7, 11) is 0. The van der Waals surface area contributed by atoms with E-state index >= 15 is 0 Å². The monoisotopic (exact) mass is 318 g/mol. The van der Waals surface area contributed by atoms with Gasteiger partial charge in [-0.15, -0.1) is 0 Å². The molecule has 1 aliphatic rings. The van der Waals surface area contributed by atoms with Crippen molar-refractivity contribution in [2.24, 2.45) is 0 Å².